The lowest BCUT2D eigenvalue weighted by atomic mass is 10.0. The molecule has 0 fully saturated rings. The first kappa shape index (κ1) is 25.6. The number of amides is 1. The molecule has 1 amide bonds. The highest BCUT2D eigenvalue weighted by Gasteiger charge is 2.30. The zero-order valence-electron chi connectivity index (χ0n) is 21.1. The minimum atomic E-state index is -0.780. The first-order chi connectivity index (χ1) is 17.2. The highest BCUT2D eigenvalue weighted by Crippen LogP contribution is 2.40. The molecule has 0 unspecified atom stereocenters. The maximum atomic E-state index is 14.7. The molecule has 9 heteroatoms. The molecule has 36 heavy (non-hydrogen) atoms. The summed E-state index contributed by atoms with van der Waals surface area (Å²) < 4.78 is 41.7. The fourth-order valence-electron chi connectivity index (χ4n) is 4.55. The Kier molecular flexibility index (Phi) is 7.56. The number of unbranched alkanes of at least 4 members (excludes halogenated alkanes) is 3. The number of hydrogen-bond donors (Lipinski definition) is 0. The summed E-state index contributed by atoms with van der Waals surface area (Å²) in [7, 11) is 3.26. The maximum Gasteiger partial charge on any atom is 0.253 e. The minimum absolute atomic E-state index is 0.0875. The number of carbonyl (C=O) groups is 2. The molecule has 0 N–H and O–H groups in total. The predicted molar refractivity (Wildman–Crippen MR) is 132 cm³/mol. The van der Waals surface area contributed by atoms with Gasteiger partial charge in [-0.3, -0.25) is 14.2 Å². The van der Waals surface area contributed by atoms with Gasteiger partial charge in [-0.15, -0.1) is 0 Å². The molecule has 1 aromatic heterocycles. The molecule has 0 saturated heterocycles. The molecule has 2 aromatic carbocycles. The van der Waals surface area contributed by atoms with Crippen molar-refractivity contribution in [3.05, 3.63) is 52.9 Å². The second-order valence-electron chi connectivity index (χ2n) is 9.28. The maximum absolute atomic E-state index is 14.7. The second-order valence-corrected chi connectivity index (χ2v) is 9.28. The van der Waals surface area contributed by atoms with Gasteiger partial charge >= 0.3 is 0 Å². The van der Waals surface area contributed by atoms with Crippen molar-refractivity contribution in [1.29, 1.82) is 0 Å². The molecule has 192 valence electrons. The van der Waals surface area contributed by atoms with E-state index in [1.807, 2.05) is 0 Å². The van der Waals surface area contributed by atoms with Gasteiger partial charge in [0.05, 0.1) is 17.7 Å². The lowest BCUT2D eigenvalue weighted by Gasteiger charge is -2.27. The van der Waals surface area contributed by atoms with Gasteiger partial charge in [0.1, 0.15) is 40.6 Å². The molecule has 1 aliphatic heterocycles. The SMILES string of the molecule is CCCCCCC(=O)n1c(C)nc2c(O[C@H]3CCOc4cc(F)cc(F)c43)cc(C(=O)N(C)C)cc21. The van der Waals surface area contributed by atoms with Crippen LogP contribution in [-0.4, -0.2) is 47.0 Å². The quantitative estimate of drug-likeness (QED) is 0.364. The Morgan fingerprint density at radius 2 is 1.94 bits per heavy atom. The molecule has 0 bridgehead atoms. The molecule has 0 radical (unpaired) electrons. The first-order valence-electron chi connectivity index (χ1n) is 12.3. The Morgan fingerprint density at radius 1 is 1.17 bits per heavy atom. The molecule has 1 aliphatic rings. The van der Waals surface area contributed by atoms with E-state index in [0.29, 0.717) is 35.3 Å². The number of imidazole rings is 1. The summed E-state index contributed by atoms with van der Waals surface area (Å²) in [6.07, 6.45) is 3.75. The summed E-state index contributed by atoms with van der Waals surface area (Å²) in [4.78, 5) is 32.1. The Bertz CT molecular complexity index is 1300. The van der Waals surface area contributed by atoms with E-state index < -0.39 is 17.7 Å². The molecular weight excluding hydrogens is 468 g/mol. The smallest absolute Gasteiger partial charge is 0.253 e. The minimum Gasteiger partial charge on any atom is -0.493 e. The van der Waals surface area contributed by atoms with Gasteiger partial charge in [0.25, 0.3) is 5.91 Å². The Labute approximate surface area is 209 Å². The number of rotatable bonds is 8. The van der Waals surface area contributed by atoms with Crippen LogP contribution < -0.4 is 9.47 Å². The van der Waals surface area contributed by atoms with Crippen molar-refractivity contribution in [2.75, 3.05) is 20.7 Å². The van der Waals surface area contributed by atoms with Gasteiger partial charge in [-0.1, -0.05) is 26.2 Å². The van der Waals surface area contributed by atoms with Crippen LogP contribution in [0.5, 0.6) is 11.5 Å². The van der Waals surface area contributed by atoms with Crippen LogP contribution in [0.3, 0.4) is 0 Å². The molecule has 0 aliphatic carbocycles. The van der Waals surface area contributed by atoms with E-state index in [1.54, 1.807) is 33.2 Å². The molecular formula is C27H31F2N3O4. The third-order valence-electron chi connectivity index (χ3n) is 6.32. The third-order valence-corrected chi connectivity index (χ3v) is 6.32. The second kappa shape index (κ2) is 10.6. The van der Waals surface area contributed by atoms with Crippen LogP contribution in [0.4, 0.5) is 8.78 Å². The summed E-state index contributed by atoms with van der Waals surface area (Å²) in [6, 6.07) is 5.12. The van der Waals surface area contributed by atoms with Crippen molar-refractivity contribution in [2.24, 2.45) is 0 Å². The van der Waals surface area contributed by atoms with Crippen LogP contribution in [0.1, 0.15) is 78.1 Å². The van der Waals surface area contributed by atoms with E-state index in [2.05, 4.69) is 11.9 Å². The van der Waals surface area contributed by atoms with Gasteiger partial charge in [-0.05, 0) is 25.5 Å². The van der Waals surface area contributed by atoms with E-state index in [9.17, 15) is 18.4 Å². The van der Waals surface area contributed by atoms with E-state index in [1.165, 1.54) is 9.47 Å². The standard InChI is InChI=1S/C27H31F2N3O4/c1-5-6-7-8-9-24(33)32-16(2)30-26-20(32)12-17(27(34)31(3)4)13-23(26)36-21-10-11-35-22-15-18(28)14-19(29)25(21)22/h12-15,21H,5-11H2,1-4H3/t21-/m0/s1. The number of ether oxygens (including phenoxy) is 2. The average molecular weight is 500 g/mol. The van der Waals surface area contributed by atoms with Crippen molar-refractivity contribution in [3.8, 4) is 11.5 Å². The van der Waals surface area contributed by atoms with Crippen LogP contribution in [0.25, 0.3) is 11.0 Å². The van der Waals surface area contributed by atoms with E-state index in [0.717, 1.165) is 37.8 Å². The van der Waals surface area contributed by atoms with Crippen LogP contribution >= 0.6 is 0 Å². The fourth-order valence-corrected chi connectivity index (χ4v) is 4.55. The zero-order chi connectivity index (χ0) is 26.0. The van der Waals surface area contributed by atoms with Gasteiger partial charge in [-0.2, -0.15) is 0 Å². The monoisotopic (exact) mass is 499 g/mol. The van der Waals surface area contributed by atoms with Gasteiger partial charge in [0.2, 0.25) is 5.91 Å². The molecule has 7 nitrogen and oxygen atoms in total. The first-order valence-corrected chi connectivity index (χ1v) is 12.3. The van der Waals surface area contributed by atoms with E-state index >= 15 is 0 Å². The number of aryl methyl sites for hydroxylation is 1. The van der Waals surface area contributed by atoms with Gasteiger partial charge in [0, 0.05) is 44.6 Å². The van der Waals surface area contributed by atoms with Crippen LogP contribution in [0, 0.1) is 18.6 Å². The van der Waals surface area contributed by atoms with Crippen molar-refractivity contribution in [2.45, 2.75) is 58.5 Å². The number of aromatic nitrogens is 2. The summed E-state index contributed by atoms with van der Waals surface area (Å²) in [6.45, 7) is 4.05. The summed E-state index contributed by atoms with van der Waals surface area (Å²) in [5.74, 6) is -1.07. The number of halogens is 2. The van der Waals surface area contributed by atoms with Crippen LogP contribution in [0.2, 0.25) is 0 Å². The predicted octanol–water partition coefficient (Wildman–Crippen LogP) is 5.84. The lowest BCUT2D eigenvalue weighted by Crippen LogP contribution is -2.23. The number of hydrogen-bond acceptors (Lipinski definition) is 5. The van der Waals surface area contributed by atoms with Crippen LogP contribution in [0.15, 0.2) is 24.3 Å². The molecule has 1 atom stereocenters. The molecule has 0 saturated carbocycles. The average Bonchev–Trinajstić information content (AvgIpc) is 3.17. The molecule has 4 rings (SSSR count). The fraction of sp³-hybridized carbons (Fsp3) is 0.444. The van der Waals surface area contributed by atoms with Crippen molar-refractivity contribution in [1.82, 2.24) is 14.5 Å². The van der Waals surface area contributed by atoms with Crippen molar-refractivity contribution in [3.63, 3.8) is 0 Å². The highest BCUT2D eigenvalue weighted by molar-refractivity contribution is 6.01. The number of carbonyl (C=O) groups excluding carboxylic acids is 2. The topological polar surface area (TPSA) is 73.7 Å². The summed E-state index contributed by atoms with van der Waals surface area (Å²) in [5, 5.41) is 0. The highest BCUT2D eigenvalue weighted by atomic mass is 19.1. The molecule has 0 spiro atoms. The van der Waals surface area contributed by atoms with Gasteiger partial charge in [0.15, 0.2) is 0 Å². The van der Waals surface area contributed by atoms with Crippen molar-refractivity contribution >= 4 is 22.8 Å². The molecule has 2 heterocycles. The van der Waals surface area contributed by atoms with Gasteiger partial charge in [-0.25, -0.2) is 13.8 Å². The van der Waals surface area contributed by atoms with Gasteiger partial charge < -0.3 is 14.4 Å². The Hall–Kier alpha value is -3.49. The zero-order valence-corrected chi connectivity index (χ0v) is 21.1. The van der Waals surface area contributed by atoms with E-state index in [4.69, 9.17) is 9.47 Å². The van der Waals surface area contributed by atoms with Crippen molar-refractivity contribution < 1.29 is 27.8 Å². The largest absolute Gasteiger partial charge is 0.493 e. The Morgan fingerprint density at radius 3 is 2.67 bits per heavy atom. The number of nitrogens with zero attached hydrogens (tertiary/aromatic N) is 3. The molecule has 3 aromatic rings. The number of benzene rings is 2. The summed E-state index contributed by atoms with van der Waals surface area (Å²) in [5.41, 5.74) is 1.29. The van der Waals surface area contributed by atoms with E-state index in [-0.39, 0.29) is 35.5 Å². The Balaban J connectivity index is 1.78. The summed E-state index contributed by atoms with van der Waals surface area (Å²) >= 11 is 0. The third kappa shape index (κ3) is 5.05. The lowest BCUT2D eigenvalue weighted by molar-refractivity contribution is 0.0824. The number of fused-ring (bicyclic) bond motifs is 2. The normalized spacial score (nSPS) is 14.9. The van der Waals surface area contributed by atoms with Crippen LogP contribution in [-0.2, 0) is 0 Å².